The molecule has 190 valence electrons. The molecule has 0 saturated carbocycles. The van der Waals surface area contributed by atoms with Gasteiger partial charge in [-0.25, -0.2) is 9.37 Å². The number of rotatable bonds is 10. The van der Waals surface area contributed by atoms with Crippen molar-refractivity contribution in [2.75, 3.05) is 25.4 Å². The van der Waals surface area contributed by atoms with Gasteiger partial charge in [0.1, 0.15) is 5.82 Å². The van der Waals surface area contributed by atoms with Gasteiger partial charge in [0.15, 0.2) is 5.16 Å². The molecule has 0 spiro atoms. The SMILES string of the molecule is CCOC(=O)C1CCCN(C(=O)CCCCSc2nc(C)c(Cc3ccccc3F)c(=O)n2C)C1. The lowest BCUT2D eigenvalue weighted by molar-refractivity contribution is -0.151. The summed E-state index contributed by atoms with van der Waals surface area (Å²) in [6.07, 6.45) is 3.75. The Morgan fingerprint density at radius 1 is 1.26 bits per heavy atom. The Balaban J connectivity index is 1.48. The highest BCUT2D eigenvalue weighted by Gasteiger charge is 2.29. The second-order valence-electron chi connectivity index (χ2n) is 8.83. The van der Waals surface area contributed by atoms with Gasteiger partial charge in [0.05, 0.1) is 12.5 Å². The number of unbranched alkanes of at least 4 members (excludes halogenated alkanes) is 1. The molecule has 1 atom stereocenters. The lowest BCUT2D eigenvalue weighted by atomic mass is 9.98. The zero-order valence-corrected chi connectivity index (χ0v) is 21.5. The lowest BCUT2D eigenvalue weighted by Gasteiger charge is -2.31. The second-order valence-corrected chi connectivity index (χ2v) is 9.89. The van der Waals surface area contributed by atoms with Gasteiger partial charge in [-0.1, -0.05) is 30.0 Å². The normalized spacial score (nSPS) is 15.8. The van der Waals surface area contributed by atoms with E-state index < -0.39 is 0 Å². The molecule has 1 aliphatic rings. The van der Waals surface area contributed by atoms with Crippen molar-refractivity contribution >= 4 is 23.6 Å². The van der Waals surface area contributed by atoms with Crippen LogP contribution in [-0.4, -0.2) is 51.8 Å². The van der Waals surface area contributed by atoms with Crippen LogP contribution in [0.5, 0.6) is 0 Å². The molecule has 1 aromatic carbocycles. The molecular formula is C26H34FN3O4S. The van der Waals surface area contributed by atoms with Crippen molar-refractivity contribution in [2.24, 2.45) is 13.0 Å². The third-order valence-corrected chi connectivity index (χ3v) is 7.40. The summed E-state index contributed by atoms with van der Waals surface area (Å²) in [6.45, 7) is 5.05. The number of carbonyl (C=O) groups is 2. The summed E-state index contributed by atoms with van der Waals surface area (Å²) in [5, 5.41) is 0.615. The van der Waals surface area contributed by atoms with E-state index in [4.69, 9.17) is 4.74 Å². The summed E-state index contributed by atoms with van der Waals surface area (Å²) in [5.74, 6) is 0.0335. The summed E-state index contributed by atoms with van der Waals surface area (Å²) in [5.41, 5.74) is 1.41. The van der Waals surface area contributed by atoms with Crippen molar-refractivity contribution in [3.05, 3.63) is 57.3 Å². The van der Waals surface area contributed by atoms with E-state index in [-0.39, 0.29) is 35.6 Å². The summed E-state index contributed by atoms with van der Waals surface area (Å²) in [4.78, 5) is 43.9. The number of aromatic nitrogens is 2. The number of hydrogen-bond donors (Lipinski definition) is 0. The number of nitrogens with zero attached hydrogens (tertiary/aromatic N) is 3. The fourth-order valence-electron chi connectivity index (χ4n) is 4.25. The number of piperidine rings is 1. The van der Waals surface area contributed by atoms with Crippen LogP contribution in [0.1, 0.15) is 55.8 Å². The van der Waals surface area contributed by atoms with E-state index in [2.05, 4.69) is 4.98 Å². The highest BCUT2D eigenvalue weighted by molar-refractivity contribution is 7.99. The first-order valence-electron chi connectivity index (χ1n) is 12.2. The lowest BCUT2D eigenvalue weighted by Crippen LogP contribution is -2.42. The van der Waals surface area contributed by atoms with Crippen molar-refractivity contribution in [1.29, 1.82) is 0 Å². The summed E-state index contributed by atoms with van der Waals surface area (Å²) < 4.78 is 20.7. The third kappa shape index (κ3) is 7.16. The van der Waals surface area contributed by atoms with Crippen LogP contribution in [0.3, 0.4) is 0 Å². The predicted octanol–water partition coefficient (Wildman–Crippen LogP) is 3.88. The van der Waals surface area contributed by atoms with Gasteiger partial charge in [0.25, 0.3) is 5.56 Å². The Bertz CT molecular complexity index is 1100. The minimum Gasteiger partial charge on any atom is -0.466 e. The van der Waals surface area contributed by atoms with Crippen molar-refractivity contribution in [2.45, 2.75) is 57.5 Å². The van der Waals surface area contributed by atoms with Gasteiger partial charge in [-0.2, -0.15) is 0 Å². The Morgan fingerprint density at radius 2 is 2.03 bits per heavy atom. The van der Waals surface area contributed by atoms with Gasteiger partial charge in [-0.05, 0) is 51.2 Å². The van der Waals surface area contributed by atoms with Crippen LogP contribution in [0.4, 0.5) is 4.39 Å². The monoisotopic (exact) mass is 503 g/mol. The molecule has 0 N–H and O–H groups in total. The molecule has 1 fully saturated rings. The van der Waals surface area contributed by atoms with E-state index in [1.807, 2.05) is 0 Å². The number of halogens is 1. The van der Waals surface area contributed by atoms with Gasteiger partial charge < -0.3 is 9.64 Å². The Morgan fingerprint density at radius 3 is 2.77 bits per heavy atom. The topological polar surface area (TPSA) is 81.5 Å². The predicted molar refractivity (Wildman–Crippen MR) is 134 cm³/mol. The minimum atomic E-state index is -0.331. The maximum absolute atomic E-state index is 14.0. The number of carbonyl (C=O) groups excluding carboxylic acids is 2. The fourth-order valence-corrected chi connectivity index (χ4v) is 5.26. The zero-order valence-electron chi connectivity index (χ0n) is 20.7. The molecule has 1 aromatic heterocycles. The standard InChI is InChI=1S/C26H34FN3O4S/c1-4-34-25(33)20-11-9-14-30(17-20)23(31)13-7-8-15-35-26-28-18(2)21(24(32)29(26)3)16-19-10-5-6-12-22(19)27/h5-6,10,12,20H,4,7-9,11,13-17H2,1-3H3. The molecule has 3 rings (SSSR count). The van der Waals surface area contributed by atoms with Crippen molar-refractivity contribution < 1.29 is 18.7 Å². The number of aryl methyl sites for hydroxylation is 1. The molecule has 2 heterocycles. The molecule has 2 aromatic rings. The van der Waals surface area contributed by atoms with Crippen LogP contribution < -0.4 is 5.56 Å². The first-order valence-corrected chi connectivity index (χ1v) is 13.2. The molecule has 0 radical (unpaired) electrons. The Kier molecular flexibility index (Phi) is 9.89. The maximum atomic E-state index is 14.0. The molecule has 35 heavy (non-hydrogen) atoms. The van der Waals surface area contributed by atoms with Crippen molar-refractivity contribution in [3.8, 4) is 0 Å². The molecule has 0 bridgehead atoms. The number of esters is 1. The second kappa shape index (κ2) is 12.9. The van der Waals surface area contributed by atoms with Gasteiger partial charge in [0.2, 0.25) is 5.91 Å². The first kappa shape index (κ1) is 26.9. The van der Waals surface area contributed by atoms with E-state index in [1.165, 1.54) is 22.4 Å². The zero-order chi connectivity index (χ0) is 25.4. The van der Waals surface area contributed by atoms with Gasteiger partial charge in [-0.15, -0.1) is 0 Å². The van der Waals surface area contributed by atoms with E-state index in [9.17, 15) is 18.8 Å². The molecular weight excluding hydrogens is 469 g/mol. The van der Waals surface area contributed by atoms with Crippen molar-refractivity contribution in [3.63, 3.8) is 0 Å². The van der Waals surface area contributed by atoms with E-state index >= 15 is 0 Å². The van der Waals surface area contributed by atoms with E-state index in [0.717, 1.165) is 31.4 Å². The van der Waals surface area contributed by atoms with Crippen LogP contribution in [0.25, 0.3) is 0 Å². The smallest absolute Gasteiger partial charge is 0.310 e. The average molecular weight is 504 g/mol. The fraction of sp³-hybridized carbons (Fsp3) is 0.538. The highest BCUT2D eigenvalue weighted by Crippen LogP contribution is 2.21. The van der Waals surface area contributed by atoms with E-state index in [1.54, 1.807) is 44.0 Å². The van der Waals surface area contributed by atoms with Gasteiger partial charge in [-0.3, -0.25) is 19.0 Å². The van der Waals surface area contributed by atoms with Gasteiger partial charge >= 0.3 is 5.97 Å². The number of likely N-dealkylation sites (tertiary alicyclic amines) is 1. The molecule has 1 aliphatic heterocycles. The number of thioether (sulfide) groups is 1. The molecule has 7 nitrogen and oxygen atoms in total. The van der Waals surface area contributed by atoms with Crippen LogP contribution in [0.2, 0.25) is 0 Å². The number of benzene rings is 1. The number of hydrogen-bond acceptors (Lipinski definition) is 6. The Hall–Kier alpha value is -2.68. The summed E-state index contributed by atoms with van der Waals surface area (Å²) in [6, 6.07) is 6.45. The van der Waals surface area contributed by atoms with Crippen molar-refractivity contribution in [1.82, 2.24) is 14.5 Å². The number of amides is 1. The summed E-state index contributed by atoms with van der Waals surface area (Å²) >= 11 is 1.48. The summed E-state index contributed by atoms with van der Waals surface area (Å²) in [7, 11) is 1.68. The van der Waals surface area contributed by atoms with Crippen LogP contribution in [-0.2, 0) is 27.8 Å². The molecule has 1 amide bonds. The molecule has 1 saturated heterocycles. The molecule has 9 heteroatoms. The largest absolute Gasteiger partial charge is 0.466 e. The number of ether oxygens (including phenoxy) is 1. The van der Waals surface area contributed by atoms with Gasteiger partial charge in [0, 0.05) is 50.0 Å². The first-order chi connectivity index (χ1) is 16.8. The van der Waals surface area contributed by atoms with E-state index in [0.29, 0.717) is 48.1 Å². The van der Waals surface area contributed by atoms with Crippen LogP contribution >= 0.6 is 11.8 Å². The average Bonchev–Trinajstić information content (AvgIpc) is 2.85. The Labute approximate surface area is 210 Å². The molecule has 1 unspecified atom stereocenters. The highest BCUT2D eigenvalue weighted by atomic mass is 32.2. The minimum absolute atomic E-state index is 0.0721. The molecule has 0 aliphatic carbocycles. The maximum Gasteiger partial charge on any atom is 0.310 e. The third-order valence-electron chi connectivity index (χ3n) is 6.29. The van der Waals surface area contributed by atoms with Crippen LogP contribution in [0.15, 0.2) is 34.2 Å². The quantitative estimate of drug-likeness (QED) is 0.212. The van der Waals surface area contributed by atoms with Crippen LogP contribution in [0, 0.1) is 18.7 Å².